The standard InChI is InChI=1S/C33H26BGeN5/c1-35(2)25-14-3-5-16-27(25)40-32-21-10-9-20-31(32)39(34-40)24-13-11-12-23(22-24)37-29-18-7-8-19-30(29)38-28-17-6-4-15-26(28)36-33(37)38/h3-22H,1-2H3. The molecule has 190 valence electrons. The van der Waals surface area contributed by atoms with Gasteiger partial charge in [-0.05, 0) is 12.1 Å². The van der Waals surface area contributed by atoms with E-state index < -0.39 is 14.3 Å². The average molecular weight is 576 g/mol. The van der Waals surface area contributed by atoms with Crippen molar-refractivity contribution in [3.63, 3.8) is 0 Å². The van der Waals surface area contributed by atoms with Crippen LogP contribution in [0.1, 0.15) is 0 Å². The fourth-order valence-electron chi connectivity index (χ4n) is 6.00. The van der Waals surface area contributed by atoms with Crippen molar-refractivity contribution in [2.45, 2.75) is 11.5 Å². The van der Waals surface area contributed by atoms with Crippen molar-refractivity contribution in [3.8, 4) is 5.69 Å². The molecule has 0 saturated carbocycles. The first kappa shape index (κ1) is 23.5. The maximum atomic E-state index is 5.07. The van der Waals surface area contributed by atoms with Gasteiger partial charge < -0.3 is 0 Å². The number of para-hydroxylation sites is 7. The topological polar surface area (TPSA) is 28.7 Å². The van der Waals surface area contributed by atoms with Crippen molar-refractivity contribution in [2.75, 3.05) is 9.62 Å². The molecule has 0 atom stereocenters. The van der Waals surface area contributed by atoms with Gasteiger partial charge in [-0.3, -0.25) is 0 Å². The first-order valence-electron chi connectivity index (χ1n) is 13.6. The summed E-state index contributed by atoms with van der Waals surface area (Å²) in [7, 11) is 2.25. The molecule has 5 aromatic carbocycles. The SMILES string of the molecule is [CH3][Ge]([CH3])[c]1ccccc1N1[B]N(c2cccc(-n3c4ccccc4n4c5ccccc5nc34)c2)c2ccccc21. The van der Waals surface area contributed by atoms with Gasteiger partial charge in [0.2, 0.25) is 0 Å². The quantitative estimate of drug-likeness (QED) is 0.208. The van der Waals surface area contributed by atoms with E-state index in [1.54, 1.807) is 0 Å². The monoisotopic (exact) mass is 577 g/mol. The van der Waals surface area contributed by atoms with Crippen LogP contribution in [0.25, 0.3) is 33.5 Å². The van der Waals surface area contributed by atoms with Crippen LogP contribution in [-0.2, 0) is 0 Å². The fraction of sp³-hybridized carbons (Fsp3) is 0.0606. The summed E-state index contributed by atoms with van der Waals surface area (Å²) in [5, 5.41) is 0. The summed E-state index contributed by atoms with van der Waals surface area (Å²) in [6.45, 7) is 0. The Morgan fingerprint density at radius 1 is 0.575 bits per heavy atom. The van der Waals surface area contributed by atoms with E-state index in [4.69, 9.17) is 4.98 Å². The van der Waals surface area contributed by atoms with Crippen molar-refractivity contribution < 1.29 is 0 Å². The van der Waals surface area contributed by atoms with Crippen LogP contribution in [0.5, 0.6) is 0 Å². The molecule has 1 aliphatic rings. The molecule has 5 nitrogen and oxygen atoms in total. The summed E-state index contributed by atoms with van der Waals surface area (Å²) in [5.41, 5.74) is 10.3. The summed E-state index contributed by atoms with van der Waals surface area (Å²) in [6.07, 6.45) is 0. The van der Waals surface area contributed by atoms with E-state index in [2.05, 4.69) is 159 Å². The third kappa shape index (κ3) is 3.45. The van der Waals surface area contributed by atoms with Crippen LogP contribution in [0.4, 0.5) is 22.7 Å². The van der Waals surface area contributed by atoms with Gasteiger partial charge in [0, 0.05) is 0 Å². The maximum absolute atomic E-state index is 5.07. The van der Waals surface area contributed by atoms with Gasteiger partial charge in [0.1, 0.15) is 0 Å². The number of hydrogen-bond acceptors (Lipinski definition) is 3. The molecule has 2 radical (unpaired) electrons. The van der Waals surface area contributed by atoms with Gasteiger partial charge >= 0.3 is 209 Å². The molecule has 0 bridgehead atoms. The van der Waals surface area contributed by atoms with Crippen LogP contribution in [0, 0.1) is 0 Å². The number of imidazole rings is 2. The van der Waals surface area contributed by atoms with Gasteiger partial charge in [-0.2, -0.15) is 0 Å². The molecule has 1 aliphatic heterocycles. The third-order valence-corrected chi connectivity index (χ3v) is 11.0. The molecule has 40 heavy (non-hydrogen) atoms. The number of aromatic nitrogens is 3. The fourth-order valence-corrected chi connectivity index (χ4v) is 8.41. The third-order valence-electron chi connectivity index (χ3n) is 7.81. The Bertz CT molecular complexity index is 2060. The number of benzene rings is 5. The van der Waals surface area contributed by atoms with Crippen molar-refractivity contribution in [1.82, 2.24) is 14.0 Å². The van der Waals surface area contributed by atoms with Crippen LogP contribution in [-0.4, -0.2) is 35.8 Å². The second-order valence-corrected chi connectivity index (χ2v) is 15.8. The second-order valence-electron chi connectivity index (χ2n) is 10.4. The number of anilines is 4. The van der Waals surface area contributed by atoms with Crippen LogP contribution >= 0.6 is 0 Å². The normalized spacial score (nSPS) is 13.1. The van der Waals surface area contributed by atoms with E-state index in [-0.39, 0.29) is 0 Å². The van der Waals surface area contributed by atoms with Crippen molar-refractivity contribution >= 4 is 76.9 Å². The van der Waals surface area contributed by atoms with Crippen LogP contribution in [0.15, 0.2) is 121 Å². The summed E-state index contributed by atoms with van der Waals surface area (Å²) in [5.74, 6) is 5.76. The average Bonchev–Trinajstić information content (AvgIpc) is 3.66. The molecule has 0 spiro atoms. The first-order chi connectivity index (χ1) is 19.7. The summed E-state index contributed by atoms with van der Waals surface area (Å²) in [4.78, 5) is 9.74. The van der Waals surface area contributed by atoms with Gasteiger partial charge in [-0.15, -0.1) is 0 Å². The molecule has 0 amide bonds. The predicted molar refractivity (Wildman–Crippen MR) is 170 cm³/mol. The molecule has 3 heterocycles. The summed E-state index contributed by atoms with van der Waals surface area (Å²) in [6, 6.07) is 43.3. The molecule has 0 N–H and O–H groups in total. The van der Waals surface area contributed by atoms with Gasteiger partial charge in [0.25, 0.3) is 0 Å². The number of nitrogens with zero attached hydrogens (tertiary/aromatic N) is 5. The van der Waals surface area contributed by atoms with Gasteiger partial charge in [-0.1, -0.05) is 18.2 Å². The molecular formula is C33H26BGeN5. The Morgan fingerprint density at radius 3 is 2.00 bits per heavy atom. The van der Waals surface area contributed by atoms with Crippen molar-refractivity contribution in [3.05, 3.63) is 121 Å². The van der Waals surface area contributed by atoms with Crippen molar-refractivity contribution in [1.29, 1.82) is 0 Å². The Hall–Kier alpha value is -4.42. The molecule has 0 unspecified atom stereocenters. The van der Waals surface area contributed by atoms with E-state index in [1.165, 1.54) is 21.5 Å². The van der Waals surface area contributed by atoms with Crippen LogP contribution in [0.2, 0.25) is 11.5 Å². The Kier molecular flexibility index (Phi) is 5.32. The second kappa shape index (κ2) is 9.07. The van der Waals surface area contributed by atoms with E-state index in [1.807, 2.05) is 0 Å². The van der Waals surface area contributed by atoms with Crippen molar-refractivity contribution in [2.24, 2.45) is 0 Å². The van der Waals surface area contributed by atoms with E-state index >= 15 is 0 Å². The molecular weight excluding hydrogens is 550 g/mol. The summed E-state index contributed by atoms with van der Waals surface area (Å²) < 4.78 is 6.04. The molecule has 2 aromatic heterocycles. The van der Waals surface area contributed by atoms with Gasteiger partial charge in [0.05, 0.1) is 0 Å². The Balaban J connectivity index is 1.29. The Labute approximate surface area is 238 Å². The van der Waals surface area contributed by atoms with E-state index in [9.17, 15) is 0 Å². The molecule has 7 aromatic rings. The van der Waals surface area contributed by atoms with Crippen LogP contribution < -0.4 is 14.0 Å². The molecule has 7 heteroatoms. The number of hydrogen-bond donors (Lipinski definition) is 0. The van der Waals surface area contributed by atoms with Crippen LogP contribution in [0.3, 0.4) is 0 Å². The first-order valence-corrected chi connectivity index (χ1v) is 18.8. The molecule has 0 aliphatic carbocycles. The summed E-state index contributed by atoms with van der Waals surface area (Å²) >= 11 is -1.32. The van der Waals surface area contributed by atoms with Gasteiger partial charge in [0.15, 0.2) is 0 Å². The molecule has 0 fully saturated rings. The molecule has 8 rings (SSSR count). The van der Waals surface area contributed by atoms with E-state index in [0.717, 1.165) is 39.2 Å². The number of rotatable bonds is 4. The zero-order valence-electron chi connectivity index (χ0n) is 22.4. The van der Waals surface area contributed by atoms with E-state index in [0.29, 0.717) is 0 Å². The zero-order chi connectivity index (χ0) is 26.8. The molecule has 0 saturated heterocycles. The van der Waals surface area contributed by atoms with Gasteiger partial charge in [-0.25, -0.2) is 0 Å². The minimum atomic E-state index is -1.32. The number of fused-ring (bicyclic) bond motifs is 6. The zero-order valence-corrected chi connectivity index (χ0v) is 24.5. The minimum absolute atomic E-state index is 0.920. The Morgan fingerprint density at radius 2 is 1.20 bits per heavy atom. The predicted octanol–water partition coefficient (Wildman–Crippen LogP) is 7.22.